The van der Waals surface area contributed by atoms with Crippen LogP contribution in [0.15, 0.2) is 54.9 Å². The number of fused-ring (bicyclic) bond motifs is 1. The lowest BCUT2D eigenvalue weighted by Crippen LogP contribution is -2.03. The predicted molar refractivity (Wildman–Crippen MR) is 79.3 cm³/mol. The molecule has 0 unspecified atom stereocenters. The Balaban J connectivity index is 1.55. The number of anilines is 1. The highest BCUT2D eigenvalue weighted by Gasteiger charge is 2.02. The van der Waals surface area contributed by atoms with E-state index in [0.717, 1.165) is 25.2 Å². The van der Waals surface area contributed by atoms with Crippen molar-refractivity contribution >= 4 is 16.7 Å². The van der Waals surface area contributed by atoms with Crippen molar-refractivity contribution in [1.29, 1.82) is 0 Å². The standard InChI is InChI=1S/C16H17N3/c1-2-8-15-14(7-1)13(12-19-15)6-5-11-18-16-9-3-4-10-17-16/h1-4,7-10,12,19H,5-6,11H2,(H,17,18). The Kier molecular flexibility index (Phi) is 3.45. The number of aryl methyl sites for hydroxylation is 1. The Hall–Kier alpha value is -2.29. The van der Waals surface area contributed by atoms with Gasteiger partial charge in [0, 0.05) is 29.8 Å². The molecule has 3 nitrogen and oxygen atoms in total. The van der Waals surface area contributed by atoms with Gasteiger partial charge in [-0.2, -0.15) is 0 Å². The molecule has 0 spiro atoms. The van der Waals surface area contributed by atoms with E-state index in [-0.39, 0.29) is 0 Å². The number of pyridine rings is 1. The van der Waals surface area contributed by atoms with Crippen LogP contribution in [0.5, 0.6) is 0 Å². The summed E-state index contributed by atoms with van der Waals surface area (Å²) in [6.07, 6.45) is 6.09. The van der Waals surface area contributed by atoms with Gasteiger partial charge in [0.25, 0.3) is 0 Å². The van der Waals surface area contributed by atoms with E-state index in [9.17, 15) is 0 Å². The highest BCUT2D eigenvalue weighted by molar-refractivity contribution is 5.82. The zero-order valence-electron chi connectivity index (χ0n) is 10.8. The quantitative estimate of drug-likeness (QED) is 0.680. The van der Waals surface area contributed by atoms with Gasteiger partial charge in [-0.1, -0.05) is 24.3 Å². The van der Waals surface area contributed by atoms with Gasteiger partial charge in [-0.25, -0.2) is 4.98 Å². The summed E-state index contributed by atoms with van der Waals surface area (Å²) in [5, 5.41) is 4.67. The Labute approximate surface area is 112 Å². The summed E-state index contributed by atoms with van der Waals surface area (Å²) in [7, 11) is 0. The molecule has 1 aromatic carbocycles. The zero-order valence-corrected chi connectivity index (χ0v) is 10.8. The maximum absolute atomic E-state index is 4.25. The Morgan fingerprint density at radius 3 is 2.84 bits per heavy atom. The van der Waals surface area contributed by atoms with Crippen LogP contribution in [0.25, 0.3) is 10.9 Å². The molecule has 3 rings (SSSR count). The number of para-hydroxylation sites is 1. The number of aromatic amines is 1. The molecule has 3 aromatic rings. The number of benzene rings is 1. The van der Waals surface area contributed by atoms with Crippen molar-refractivity contribution in [3.05, 3.63) is 60.4 Å². The number of aromatic nitrogens is 2. The van der Waals surface area contributed by atoms with E-state index in [1.165, 1.54) is 16.5 Å². The molecule has 0 saturated carbocycles. The summed E-state index contributed by atoms with van der Waals surface area (Å²) in [4.78, 5) is 7.56. The van der Waals surface area contributed by atoms with Crippen molar-refractivity contribution in [3.8, 4) is 0 Å². The molecule has 0 aliphatic carbocycles. The van der Waals surface area contributed by atoms with E-state index in [2.05, 4.69) is 45.7 Å². The maximum Gasteiger partial charge on any atom is 0.125 e. The van der Waals surface area contributed by atoms with Crippen LogP contribution in [0.1, 0.15) is 12.0 Å². The van der Waals surface area contributed by atoms with Crippen molar-refractivity contribution in [1.82, 2.24) is 9.97 Å². The van der Waals surface area contributed by atoms with Crippen LogP contribution in [0.4, 0.5) is 5.82 Å². The van der Waals surface area contributed by atoms with Crippen LogP contribution in [0.3, 0.4) is 0 Å². The SMILES string of the molecule is c1ccc(NCCCc2c[nH]c3ccccc23)nc1. The van der Waals surface area contributed by atoms with Gasteiger partial charge >= 0.3 is 0 Å². The van der Waals surface area contributed by atoms with Crippen molar-refractivity contribution in [2.24, 2.45) is 0 Å². The van der Waals surface area contributed by atoms with Crippen molar-refractivity contribution in [2.45, 2.75) is 12.8 Å². The molecule has 19 heavy (non-hydrogen) atoms. The predicted octanol–water partition coefficient (Wildman–Crippen LogP) is 3.61. The topological polar surface area (TPSA) is 40.7 Å². The largest absolute Gasteiger partial charge is 0.370 e. The average Bonchev–Trinajstić information content (AvgIpc) is 2.88. The fourth-order valence-electron chi connectivity index (χ4n) is 2.30. The molecule has 96 valence electrons. The van der Waals surface area contributed by atoms with Gasteiger partial charge in [0.05, 0.1) is 0 Å². The van der Waals surface area contributed by atoms with Gasteiger partial charge in [-0.05, 0) is 36.6 Å². The van der Waals surface area contributed by atoms with E-state index in [1.807, 2.05) is 24.4 Å². The molecular formula is C16H17N3. The van der Waals surface area contributed by atoms with Crippen LogP contribution >= 0.6 is 0 Å². The van der Waals surface area contributed by atoms with Crippen molar-refractivity contribution in [2.75, 3.05) is 11.9 Å². The molecule has 2 heterocycles. The first-order valence-electron chi connectivity index (χ1n) is 6.63. The van der Waals surface area contributed by atoms with E-state index < -0.39 is 0 Å². The van der Waals surface area contributed by atoms with Gasteiger partial charge in [0.1, 0.15) is 5.82 Å². The fraction of sp³-hybridized carbons (Fsp3) is 0.188. The van der Waals surface area contributed by atoms with Crippen LogP contribution < -0.4 is 5.32 Å². The third-order valence-corrected chi connectivity index (χ3v) is 3.27. The van der Waals surface area contributed by atoms with Gasteiger partial charge < -0.3 is 10.3 Å². The molecule has 2 aromatic heterocycles. The molecule has 0 radical (unpaired) electrons. The Morgan fingerprint density at radius 2 is 1.95 bits per heavy atom. The molecule has 0 aliphatic rings. The summed E-state index contributed by atoms with van der Waals surface area (Å²) < 4.78 is 0. The minimum absolute atomic E-state index is 0.941. The van der Waals surface area contributed by atoms with Gasteiger partial charge in [0.15, 0.2) is 0 Å². The highest BCUT2D eigenvalue weighted by atomic mass is 15.0. The summed E-state index contributed by atoms with van der Waals surface area (Å²) in [5.74, 6) is 0.946. The summed E-state index contributed by atoms with van der Waals surface area (Å²) >= 11 is 0. The lowest BCUT2D eigenvalue weighted by atomic mass is 10.1. The third kappa shape index (κ3) is 2.76. The van der Waals surface area contributed by atoms with E-state index in [1.54, 1.807) is 0 Å². The number of hydrogen-bond donors (Lipinski definition) is 2. The van der Waals surface area contributed by atoms with Crippen LogP contribution in [0.2, 0.25) is 0 Å². The van der Waals surface area contributed by atoms with Crippen LogP contribution in [-0.2, 0) is 6.42 Å². The maximum atomic E-state index is 4.25. The Morgan fingerprint density at radius 1 is 1.05 bits per heavy atom. The van der Waals surface area contributed by atoms with Gasteiger partial charge in [0.2, 0.25) is 0 Å². The lowest BCUT2D eigenvalue weighted by Gasteiger charge is -2.04. The number of nitrogens with one attached hydrogen (secondary N) is 2. The first kappa shape index (κ1) is 11.8. The second-order valence-electron chi connectivity index (χ2n) is 4.60. The second kappa shape index (κ2) is 5.57. The second-order valence-corrected chi connectivity index (χ2v) is 4.60. The number of hydrogen-bond acceptors (Lipinski definition) is 2. The monoisotopic (exact) mass is 251 g/mol. The molecule has 0 bridgehead atoms. The minimum Gasteiger partial charge on any atom is -0.370 e. The summed E-state index contributed by atoms with van der Waals surface area (Å²) in [6.45, 7) is 0.941. The van der Waals surface area contributed by atoms with Crippen molar-refractivity contribution in [3.63, 3.8) is 0 Å². The zero-order chi connectivity index (χ0) is 12.9. The number of rotatable bonds is 5. The summed E-state index contributed by atoms with van der Waals surface area (Å²) in [5.41, 5.74) is 2.61. The Bertz CT molecular complexity index is 643. The van der Waals surface area contributed by atoms with Crippen LogP contribution in [0, 0.1) is 0 Å². The molecule has 2 N–H and O–H groups in total. The minimum atomic E-state index is 0.941. The smallest absolute Gasteiger partial charge is 0.125 e. The third-order valence-electron chi connectivity index (χ3n) is 3.27. The molecule has 0 saturated heterocycles. The van der Waals surface area contributed by atoms with E-state index in [0.29, 0.717) is 0 Å². The van der Waals surface area contributed by atoms with Crippen molar-refractivity contribution < 1.29 is 0 Å². The number of H-pyrrole nitrogens is 1. The fourth-order valence-corrected chi connectivity index (χ4v) is 2.30. The molecule has 3 heteroatoms. The first-order valence-corrected chi connectivity index (χ1v) is 6.63. The van der Waals surface area contributed by atoms with E-state index >= 15 is 0 Å². The molecule has 0 aliphatic heterocycles. The molecular weight excluding hydrogens is 234 g/mol. The average molecular weight is 251 g/mol. The molecule has 0 atom stereocenters. The first-order chi connectivity index (χ1) is 9.43. The van der Waals surface area contributed by atoms with Crippen LogP contribution in [-0.4, -0.2) is 16.5 Å². The normalized spacial score (nSPS) is 10.7. The number of nitrogens with zero attached hydrogens (tertiary/aromatic N) is 1. The molecule has 0 fully saturated rings. The highest BCUT2D eigenvalue weighted by Crippen LogP contribution is 2.18. The van der Waals surface area contributed by atoms with Gasteiger partial charge in [-0.15, -0.1) is 0 Å². The van der Waals surface area contributed by atoms with E-state index in [4.69, 9.17) is 0 Å². The lowest BCUT2D eigenvalue weighted by molar-refractivity contribution is 0.864. The summed E-state index contributed by atoms with van der Waals surface area (Å²) in [6, 6.07) is 14.4. The molecule has 0 amide bonds. The van der Waals surface area contributed by atoms with Gasteiger partial charge in [-0.3, -0.25) is 0 Å².